The van der Waals surface area contributed by atoms with E-state index in [0.29, 0.717) is 5.39 Å². The molecule has 0 aliphatic heterocycles. The third kappa shape index (κ3) is 5.32. The number of benzene rings is 6. The second kappa shape index (κ2) is 10.8. The van der Waals surface area contributed by atoms with Crippen LogP contribution in [0.2, 0.25) is 0 Å². The van der Waals surface area contributed by atoms with Crippen molar-refractivity contribution in [2.45, 2.75) is 9.79 Å². The Morgan fingerprint density at radius 2 is 1.02 bits per heavy atom. The Labute approximate surface area is 247 Å². The Bertz CT molecular complexity index is 2270. The molecular formula is C32H20N2O7S2. The molecule has 0 aliphatic carbocycles. The lowest BCUT2D eigenvalue weighted by molar-refractivity contribution is -0.264. The summed E-state index contributed by atoms with van der Waals surface area (Å²) in [5, 5.41) is 23.0. The quantitative estimate of drug-likeness (QED) is 0.143. The number of diazo groups is 1. The molecule has 6 aromatic rings. The molecule has 0 bridgehead atoms. The maximum absolute atomic E-state index is 13.1. The van der Waals surface area contributed by atoms with E-state index in [0.717, 1.165) is 16.5 Å². The first-order valence-corrected chi connectivity index (χ1v) is 15.6. The normalized spacial score (nSPS) is 11.7. The zero-order valence-corrected chi connectivity index (χ0v) is 23.7. The molecule has 0 heterocycles. The zero-order chi connectivity index (χ0) is 30.2. The number of rotatable bonds is 7. The van der Waals surface area contributed by atoms with Crippen LogP contribution in [0.1, 0.15) is 0 Å². The summed E-state index contributed by atoms with van der Waals surface area (Å²) in [7, 11) is -8.41. The summed E-state index contributed by atoms with van der Waals surface area (Å²) in [5.74, 6) is -0.422. The largest absolute Gasteiger partial charge is 0.867 e. The third-order valence-corrected chi connectivity index (χ3v) is 9.41. The third-order valence-electron chi connectivity index (χ3n) is 6.80. The number of hydrogen-bond donors (Lipinski definition) is 0. The molecule has 0 radical (unpaired) electrons. The fourth-order valence-electron chi connectivity index (χ4n) is 4.75. The van der Waals surface area contributed by atoms with E-state index >= 15 is 0 Å². The molecule has 0 aliphatic rings. The van der Waals surface area contributed by atoms with Crippen molar-refractivity contribution in [3.63, 3.8) is 0 Å². The first-order chi connectivity index (χ1) is 20.7. The Morgan fingerprint density at radius 1 is 0.535 bits per heavy atom. The van der Waals surface area contributed by atoms with E-state index in [1.54, 1.807) is 42.5 Å². The van der Waals surface area contributed by atoms with Crippen molar-refractivity contribution in [2.24, 2.45) is 0 Å². The van der Waals surface area contributed by atoms with Gasteiger partial charge in [-0.2, -0.15) is 16.8 Å². The van der Waals surface area contributed by atoms with Gasteiger partial charge in [-0.15, -0.1) is 0 Å². The predicted molar refractivity (Wildman–Crippen MR) is 160 cm³/mol. The molecule has 43 heavy (non-hydrogen) atoms. The lowest BCUT2D eigenvalue weighted by Gasteiger charge is -2.13. The molecule has 11 heteroatoms. The van der Waals surface area contributed by atoms with E-state index in [9.17, 15) is 21.9 Å². The van der Waals surface area contributed by atoms with Gasteiger partial charge in [0, 0.05) is 16.8 Å². The first kappa shape index (κ1) is 27.7. The predicted octanol–water partition coefficient (Wildman–Crippen LogP) is 6.75. The Hall–Kier alpha value is -5.44. The van der Waals surface area contributed by atoms with Crippen molar-refractivity contribution in [3.05, 3.63) is 126 Å². The highest BCUT2D eigenvalue weighted by atomic mass is 32.2. The Kier molecular flexibility index (Phi) is 6.93. The molecular weight excluding hydrogens is 588 g/mol. The van der Waals surface area contributed by atoms with Gasteiger partial charge in [-0.25, -0.2) is 0 Å². The molecule has 6 rings (SSSR count). The van der Waals surface area contributed by atoms with E-state index in [1.807, 2.05) is 18.2 Å². The highest BCUT2D eigenvalue weighted by molar-refractivity contribution is 7.87. The van der Waals surface area contributed by atoms with Gasteiger partial charge in [0.15, 0.2) is 4.98 Å². The fraction of sp³-hybridized carbons (Fsp3) is 0. The fourth-order valence-corrected chi connectivity index (χ4v) is 7.05. The van der Waals surface area contributed by atoms with Gasteiger partial charge in [0.25, 0.3) is 0 Å². The van der Waals surface area contributed by atoms with Crippen LogP contribution in [0.4, 0.5) is 5.69 Å². The molecule has 0 saturated carbocycles. The maximum atomic E-state index is 13.1. The van der Waals surface area contributed by atoms with E-state index in [2.05, 4.69) is 4.98 Å². The first-order valence-electron chi connectivity index (χ1n) is 12.8. The Morgan fingerprint density at radius 3 is 1.60 bits per heavy atom. The van der Waals surface area contributed by atoms with E-state index in [4.69, 9.17) is 13.8 Å². The van der Waals surface area contributed by atoms with E-state index < -0.39 is 26.0 Å². The van der Waals surface area contributed by atoms with Crippen molar-refractivity contribution < 1.29 is 30.3 Å². The summed E-state index contributed by atoms with van der Waals surface area (Å²) in [4.78, 5) is 2.80. The molecule has 0 aromatic heterocycles. The average molecular weight is 609 g/mol. The van der Waals surface area contributed by atoms with Crippen molar-refractivity contribution in [1.29, 1.82) is 5.39 Å². The van der Waals surface area contributed by atoms with Gasteiger partial charge in [-0.05, 0) is 70.1 Å². The van der Waals surface area contributed by atoms with Crippen molar-refractivity contribution in [2.75, 3.05) is 0 Å². The average Bonchev–Trinajstić information content (AvgIpc) is 3.01. The summed E-state index contributed by atoms with van der Waals surface area (Å²) in [6, 6.07) is 31.6. The second-order valence-electron chi connectivity index (χ2n) is 9.47. The molecule has 0 fully saturated rings. The minimum atomic E-state index is -4.32. The van der Waals surface area contributed by atoms with Crippen molar-refractivity contribution >= 4 is 47.5 Å². The minimum absolute atomic E-state index is 0.0474. The minimum Gasteiger partial charge on any atom is -0.867 e. The molecule has 9 nitrogen and oxygen atoms in total. The van der Waals surface area contributed by atoms with Crippen LogP contribution >= 0.6 is 0 Å². The smallest absolute Gasteiger partial charge is 0.378 e. The van der Waals surface area contributed by atoms with E-state index in [1.165, 1.54) is 60.7 Å². The van der Waals surface area contributed by atoms with Crippen molar-refractivity contribution in [1.82, 2.24) is 0 Å². The number of nitrogens with zero attached hydrogens (tertiary/aromatic N) is 2. The lowest BCUT2D eigenvalue weighted by Crippen LogP contribution is -2.10. The van der Waals surface area contributed by atoms with Crippen LogP contribution in [0.5, 0.6) is 17.2 Å². The van der Waals surface area contributed by atoms with Crippen LogP contribution in [-0.4, -0.2) is 16.8 Å². The van der Waals surface area contributed by atoms with Gasteiger partial charge in [0.1, 0.15) is 21.3 Å². The molecule has 212 valence electrons. The van der Waals surface area contributed by atoms with Crippen LogP contribution in [0.25, 0.3) is 37.6 Å². The van der Waals surface area contributed by atoms with Crippen LogP contribution < -0.4 is 13.5 Å². The van der Waals surface area contributed by atoms with Crippen LogP contribution in [0, 0.1) is 5.39 Å². The lowest BCUT2D eigenvalue weighted by atomic mass is 10.1. The SMILES string of the molecule is N#[N+]c1ccc2c(S(=O)(=O)Oc3ccc(-c4ccc(OS(=O)(=O)c5cccc6ccccc56)cc4)cc3)cccc2c1[O-]. The van der Waals surface area contributed by atoms with Gasteiger partial charge >= 0.3 is 25.9 Å². The number of hydrogen-bond acceptors (Lipinski definition) is 8. The van der Waals surface area contributed by atoms with Gasteiger partial charge < -0.3 is 13.5 Å². The van der Waals surface area contributed by atoms with Crippen LogP contribution in [-0.2, 0) is 20.2 Å². The highest BCUT2D eigenvalue weighted by Gasteiger charge is 2.22. The van der Waals surface area contributed by atoms with Crippen LogP contribution in [0.15, 0.2) is 131 Å². The zero-order valence-electron chi connectivity index (χ0n) is 22.1. The molecule has 0 atom stereocenters. The van der Waals surface area contributed by atoms with Gasteiger partial charge in [0.2, 0.25) is 5.39 Å². The van der Waals surface area contributed by atoms with Crippen LogP contribution in [0.3, 0.4) is 0 Å². The molecule has 0 amide bonds. The summed E-state index contributed by atoms with van der Waals surface area (Å²) in [5.41, 5.74) is 1.24. The summed E-state index contributed by atoms with van der Waals surface area (Å²) >= 11 is 0. The second-order valence-corrected chi connectivity index (χ2v) is 12.5. The van der Waals surface area contributed by atoms with Crippen molar-refractivity contribution in [3.8, 4) is 28.4 Å². The monoisotopic (exact) mass is 608 g/mol. The highest BCUT2D eigenvalue weighted by Crippen LogP contribution is 2.36. The molecule has 0 unspecified atom stereocenters. The van der Waals surface area contributed by atoms with Gasteiger partial charge in [-0.1, -0.05) is 72.8 Å². The molecule has 6 aromatic carbocycles. The standard InChI is InChI=1S/C32H20N2O7S2/c33-34-29-20-19-27-28(32(29)35)8-4-10-31(27)43(38,39)41-25-17-13-22(14-18-25)21-11-15-24(16-12-21)40-42(36,37)30-9-3-6-23-5-1-2-7-26(23)30/h1-20H. The van der Waals surface area contributed by atoms with Gasteiger partial charge in [0.05, 0.1) is 0 Å². The van der Waals surface area contributed by atoms with E-state index in [-0.39, 0.29) is 37.7 Å². The summed E-state index contributed by atoms with van der Waals surface area (Å²) < 4.78 is 63.0. The van der Waals surface area contributed by atoms with Gasteiger partial charge in [-0.3, -0.25) is 0 Å². The molecule has 0 saturated heterocycles. The summed E-state index contributed by atoms with van der Waals surface area (Å²) in [6.45, 7) is 0. The topological polar surface area (TPSA) is 138 Å². The molecule has 0 N–H and O–H groups in total. The Balaban J connectivity index is 1.20. The maximum Gasteiger partial charge on any atom is 0.378 e. The molecule has 0 spiro atoms. The summed E-state index contributed by atoms with van der Waals surface area (Å²) in [6.07, 6.45) is 0. The number of fused-ring (bicyclic) bond motifs is 2.